The van der Waals surface area contributed by atoms with Gasteiger partial charge < -0.3 is 4.57 Å². The van der Waals surface area contributed by atoms with Crippen LogP contribution in [0.1, 0.15) is 17.7 Å². The number of sulfonamides is 1. The lowest BCUT2D eigenvalue weighted by Gasteiger charge is -2.16. The van der Waals surface area contributed by atoms with E-state index in [0.717, 1.165) is 17.7 Å². The summed E-state index contributed by atoms with van der Waals surface area (Å²) in [6, 6.07) is 6.28. The highest BCUT2D eigenvalue weighted by Crippen LogP contribution is 2.23. The molecule has 0 spiro atoms. The molecule has 1 aliphatic rings. The minimum atomic E-state index is -3.51. The average molecular weight is 359 g/mol. The highest BCUT2D eigenvalue weighted by Gasteiger charge is 2.27. The van der Waals surface area contributed by atoms with Crippen molar-refractivity contribution in [1.82, 2.24) is 8.87 Å². The van der Waals surface area contributed by atoms with Crippen LogP contribution in [-0.2, 0) is 16.6 Å². The Morgan fingerprint density at radius 2 is 1.86 bits per heavy atom. The van der Waals surface area contributed by atoms with Crippen LogP contribution in [0.25, 0.3) is 0 Å². The van der Waals surface area contributed by atoms with Crippen LogP contribution >= 0.6 is 22.9 Å². The van der Waals surface area contributed by atoms with Gasteiger partial charge in [-0.3, -0.25) is 4.79 Å². The van der Waals surface area contributed by atoms with Crippen LogP contribution in [0.5, 0.6) is 0 Å². The Hall–Kier alpha value is -1.15. The predicted molar refractivity (Wildman–Crippen MR) is 87.1 cm³/mol. The molecule has 1 fully saturated rings. The Balaban J connectivity index is 1.94. The van der Waals surface area contributed by atoms with Gasteiger partial charge in [0, 0.05) is 30.2 Å². The Morgan fingerprint density at radius 1 is 1.14 bits per heavy atom. The molecule has 8 heteroatoms. The fraction of sp³-hybridized carbons (Fsp3) is 0.357. The van der Waals surface area contributed by atoms with Gasteiger partial charge in [0.25, 0.3) is 5.56 Å². The Labute approximate surface area is 137 Å². The first kappa shape index (κ1) is 15.7. The molecule has 0 saturated carbocycles. The third-order valence-electron chi connectivity index (χ3n) is 3.61. The van der Waals surface area contributed by atoms with Gasteiger partial charge in [0.1, 0.15) is 0 Å². The lowest BCUT2D eigenvalue weighted by Crippen LogP contribution is -2.29. The maximum Gasteiger partial charge on any atom is 0.250 e. The van der Waals surface area contributed by atoms with Crippen molar-refractivity contribution < 1.29 is 8.42 Å². The molecule has 0 N–H and O–H groups in total. The summed E-state index contributed by atoms with van der Waals surface area (Å²) in [7, 11) is -3.51. The number of thiophene rings is 1. The lowest BCUT2D eigenvalue weighted by atomic mass is 10.4. The van der Waals surface area contributed by atoms with Crippen LogP contribution in [0, 0.1) is 0 Å². The van der Waals surface area contributed by atoms with Crippen LogP contribution in [-0.4, -0.2) is 30.4 Å². The van der Waals surface area contributed by atoms with E-state index in [2.05, 4.69) is 0 Å². The van der Waals surface area contributed by atoms with Gasteiger partial charge in [-0.2, -0.15) is 4.31 Å². The van der Waals surface area contributed by atoms with Crippen LogP contribution in [0.3, 0.4) is 0 Å². The molecule has 5 nitrogen and oxygen atoms in total. The van der Waals surface area contributed by atoms with E-state index in [0.29, 0.717) is 24.0 Å². The molecule has 1 saturated heterocycles. The second-order valence-corrected chi connectivity index (χ2v) is 8.89. The first-order valence-corrected chi connectivity index (χ1v) is 9.55. The van der Waals surface area contributed by atoms with Gasteiger partial charge in [0.15, 0.2) is 0 Å². The molecule has 0 radical (unpaired) electrons. The van der Waals surface area contributed by atoms with Gasteiger partial charge in [-0.1, -0.05) is 11.6 Å². The molecule has 0 atom stereocenters. The maximum atomic E-state index is 12.5. The molecule has 3 heterocycles. The highest BCUT2D eigenvalue weighted by molar-refractivity contribution is 7.89. The zero-order valence-electron chi connectivity index (χ0n) is 11.7. The van der Waals surface area contributed by atoms with E-state index in [1.807, 2.05) is 6.07 Å². The standard InChI is InChI=1S/C14H15ClN2O3S2/c15-13-5-3-11(21-13)9-16-10-12(4-6-14(16)18)22(19,20)17-7-1-2-8-17/h3-6,10H,1-2,7-9H2. The molecule has 0 aromatic carbocycles. The second-order valence-electron chi connectivity index (χ2n) is 5.15. The predicted octanol–water partition coefficient (Wildman–Crippen LogP) is 2.40. The molecule has 0 aliphatic carbocycles. The van der Waals surface area contributed by atoms with Crippen molar-refractivity contribution in [1.29, 1.82) is 0 Å². The van der Waals surface area contributed by atoms with E-state index >= 15 is 0 Å². The summed E-state index contributed by atoms with van der Waals surface area (Å²) in [4.78, 5) is 13.0. The molecular formula is C14H15ClN2O3S2. The summed E-state index contributed by atoms with van der Waals surface area (Å²) < 4.78 is 28.6. The lowest BCUT2D eigenvalue weighted by molar-refractivity contribution is 0.476. The van der Waals surface area contributed by atoms with Gasteiger partial charge in [0.05, 0.1) is 15.8 Å². The third-order valence-corrected chi connectivity index (χ3v) is 6.71. The molecule has 0 bridgehead atoms. The number of halogens is 1. The largest absolute Gasteiger partial charge is 0.309 e. The van der Waals surface area contributed by atoms with Crippen molar-refractivity contribution in [3.8, 4) is 0 Å². The summed E-state index contributed by atoms with van der Waals surface area (Å²) in [5.41, 5.74) is -0.232. The van der Waals surface area contributed by atoms with Crippen LogP contribution in [0.2, 0.25) is 4.34 Å². The van der Waals surface area contributed by atoms with E-state index in [1.165, 1.54) is 38.5 Å². The summed E-state index contributed by atoms with van der Waals surface area (Å²) in [5.74, 6) is 0. The third kappa shape index (κ3) is 3.12. The first-order valence-electron chi connectivity index (χ1n) is 6.92. The quantitative estimate of drug-likeness (QED) is 0.843. The Kier molecular flexibility index (Phi) is 4.40. The Morgan fingerprint density at radius 3 is 2.50 bits per heavy atom. The molecule has 2 aromatic rings. The van der Waals surface area contributed by atoms with Crippen LogP contribution < -0.4 is 5.56 Å². The number of nitrogens with zero attached hydrogens (tertiary/aromatic N) is 2. The monoisotopic (exact) mass is 358 g/mol. The SMILES string of the molecule is O=c1ccc(S(=O)(=O)N2CCCC2)cn1Cc1ccc(Cl)s1. The van der Waals surface area contributed by atoms with Gasteiger partial charge in [0.2, 0.25) is 10.0 Å². The van der Waals surface area contributed by atoms with Gasteiger partial charge in [-0.15, -0.1) is 11.3 Å². The highest BCUT2D eigenvalue weighted by atomic mass is 35.5. The molecule has 1 aliphatic heterocycles. The molecule has 3 rings (SSSR count). The van der Waals surface area contributed by atoms with E-state index in [4.69, 9.17) is 11.6 Å². The van der Waals surface area contributed by atoms with E-state index in [-0.39, 0.29) is 10.5 Å². The summed E-state index contributed by atoms with van der Waals surface area (Å²) in [6.45, 7) is 1.41. The maximum absolute atomic E-state index is 12.5. The van der Waals surface area contributed by atoms with Gasteiger partial charge >= 0.3 is 0 Å². The fourth-order valence-corrected chi connectivity index (χ4v) is 5.09. The Bertz CT molecular complexity index is 836. The molecule has 118 valence electrons. The van der Waals surface area contributed by atoms with Gasteiger partial charge in [-0.25, -0.2) is 8.42 Å². The normalized spacial score (nSPS) is 16.2. The number of aromatic nitrogens is 1. The first-order chi connectivity index (χ1) is 10.5. The van der Waals surface area contributed by atoms with E-state index in [9.17, 15) is 13.2 Å². The number of pyridine rings is 1. The summed E-state index contributed by atoms with van der Waals surface area (Å²) in [6.07, 6.45) is 3.18. The summed E-state index contributed by atoms with van der Waals surface area (Å²) >= 11 is 7.26. The van der Waals surface area contributed by atoms with Crippen molar-refractivity contribution in [2.24, 2.45) is 0 Å². The van der Waals surface area contributed by atoms with Crippen molar-refractivity contribution in [3.63, 3.8) is 0 Å². The molecule has 22 heavy (non-hydrogen) atoms. The van der Waals surface area contributed by atoms with Gasteiger partial charge in [-0.05, 0) is 31.0 Å². The summed E-state index contributed by atoms with van der Waals surface area (Å²) in [5, 5.41) is 0. The topological polar surface area (TPSA) is 59.4 Å². The number of hydrogen-bond donors (Lipinski definition) is 0. The number of rotatable bonds is 4. The zero-order chi connectivity index (χ0) is 15.7. The molecule has 0 unspecified atom stereocenters. The van der Waals surface area contributed by atoms with Crippen LogP contribution in [0.15, 0.2) is 40.2 Å². The second kappa shape index (κ2) is 6.16. The van der Waals surface area contributed by atoms with Crippen molar-refractivity contribution in [2.75, 3.05) is 13.1 Å². The van der Waals surface area contributed by atoms with Crippen molar-refractivity contribution >= 4 is 33.0 Å². The molecule has 0 amide bonds. The molecular weight excluding hydrogens is 344 g/mol. The smallest absolute Gasteiger partial charge is 0.250 e. The van der Waals surface area contributed by atoms with E-state index < -0.39 is 10.0 Å². The minimum absolute atomic E-state index is 0.164. The zero-order valence-corrected chi connectivity index (χ0v) is 14.1. The van der Waals surface area contributed by atoms with Crippen molar-refractivity contribution in [2.45, 2.75) is 24.3 Å². The van der Waals surface area contributed by atoms with Crippen molar-refractivity contribution in [3.05, 3.63) is 50.0 Å². The van der Waals surface area contributed by atoms with Crippen LogP contribution in [0.4, 0.5) is 0 Å². The average Bonchev–Trinajstić information content (AvgIpc) is 3.13. The number of hydrogen-bond acceptors (Lipinski definition) is 4. The van der Waals surface area contributed by atoms with E-state index in [1.54, 1.807) is 6.07 Å². The molecule has 2 aromatic heterocycles. The minimum Gasteiger partial charge on any atom is -0.309 e. The fourth-order valence-electron chi connectivity index (χ4n) is 2.47.